The number of carbonyl (C=O) groups excluding carboxylic acids is 1. The van der Waals surface area contributed by atoms with E-state index in [-0.39, 0.29) is 11.8 Å². The van der Waals surface area contributed by atoms with E-state index in [0.717, 1.165) is 48.2 Å². The van der Waals surface area contributed by atoms with Crippen molar-refractivity contribution in [3.8, 4) is 11.5 Å². The zero-order valence-corrected chi connectivity index (χ0v) is 18.0. The maximum Gasteiger partial charge on any atom is 0.224 e. The number of benzene rings is 2. The first-order chi connectivity index (χ1) is 15.2. The Bertz CT molecular complexity index is 1060. The normalized spacial score (nSPS) is 16.2. The van der Waals surface area contributed by atoms with Crippen LogP contribution in [0.25, 0.3) is 11.0 Å². The number of rotatable bonds is 7. The van der Waals surface area contributed by atoms with E-state index in [1.807, 2.05) is 42.5 Å². The maximum absolute atomic E-state index is 12.8. The fourth-order valence-electron chi connectivity index (χ4n) is 4.01. The van der Waals surface area contributed by atoms with Gasteiger partial charge in [-0.15, -0.1) is 0 Å². The quantitative estimate of drug-likeness (QED) is 0.633. The standard InChI is InChI=1S/C24H28N4O3/c1-30-21-10-9-17(14-22(21)31-2)11-12-25-24(29)18-6-5-13-28(16-18)23-15-26-19-7-3-4-8-20(19)27-23/h3-4,7-10,14-15,18H,5-6,11-13,16H2,1-2H3,(H,25,29). The van der Waals surface area contributed by atoms with Crippen LogP contribution in [-0.4, -0.2) is 49.7 Å². The zero-order valence-electron chi connectivity index (χ0n) is 18.0. The van der Waals surface area contributed by atoms with E-state index in [2.05, 4.69) is 15.2 Å². The fourth-order valence-corrected chi connectivity index (χ4v) is 4.01. The highest BCUT2D eigenvalue weighted by molar-refractivity contribution is 5.80. The van der Waals surface area contributed by atoms with Crippen LogP contribution >= 0.6 is 0 Å². The van der Waals surface area contributed by atoms with Gasteiger partial charge in [0.1, 0.15) is 5.82 Å². The highest BCUT2D eigenvalue weighted by Crippen LogP contribution is 2.27. The van der Waals surface area contributed by atoms with Gasteiger partial charge >= 0.3 is 0 Å². The van der Waals surface area contributed by atoms with Crippen molar-refractivity contribution in [2.75, 3.05) is 38.8 Å². The van der Waals surface area contributed by atoms with Crippen molar-refractivity contribution in [2.45, 2.75) is 19.3 Å². The number of methoxy groups -OCH3 is 2. The number of hydrogen-bond donors (Lipinski definition) is 1. The van der Waals surface area contributed by atoms with Crippen LogP contribution in [0, 0.1) is 5.92 Å². The van der Waals surface area contributed by atoms with Crippen molar-refractivity contribution in [1.82, 2.24) is 15.3 Å². The minimum atomic E-state index is -0.0487. The Morgan fingerprint density at radius 3 is 2.74 bits per heavy atom. The Labute approximate surface area is 182 Å². The number of piperidine rings is 1. The Morgan fingerprint density at radius 2 is 1.94 bits per heavy atom. The lowest BCUT2D eigenvalue weighted by Gasteiger charge is -2.32. The van der Waals surface area contributed by atoms with E-state index in [4.69, 9.17) is 14.5 Å². The summed E-state index contributed by atoms with van der Waals surface area (Å²) < 4.78 is 10.6. The summed E-state index contributed by atoms with van der Waals surface area (Å²) in [6, 6.07) is 13.7. The molecule has 2 aromatic carbocycles. The molecule has 1 unspecified atom stereocenters. The second-order valence-electron chi connectivity index (χ2n) is 7.73. The van der Waals surface area contributed by atoms with Crippen molar-refractivity contribution in [3.05, 3.63) is 54.2 Å². The van der Waals surface area contributed by atoms with Gasteiger partial charge < -0.3 is 19.7 Å². The fraction of sp³-hybridized carbons (Fsp3) is 0.375. The van der Waals surface area contributed by atoms with Crippen LogP contribution < -0.4 is 19.7 Å². The molecule has 1 aliphatic heterocycles. The maximum atomic E-state index is 12.8. The molecule has 0 radical (unpaired) electrons. The van der Waals surface area contributed by atoms with Crippen molar-refractivity contribution in [3.63, 3.8) is 0 Å². The summed E-state index contributed by atoms with van der Waals surface area (Å²) in [5.41, 5.74) is 2.85. The third-order valence-corrected chi connectivity index (χ3v) is 5.71. The molecule has 0 saturated carbocycles. The van der Waals surface area contributed by atoms with Crippen LogP contribution in [-0.2, 0) is 11.2 Å². The number of amides is 1. The van der Waals surface area contributed by atoms with Gasteiger partial charge in [0.25, 0.3) is 0 Å². The molecule has 7 heteroatoms. The summed E-state index contributed by atoms with van der Waals surface area (Å²) in [5, 5.41) is 3.09. The average molecular weight is 421 g/mol. The molecule has 1 saturated heterocycles. The molecule has 7 nitrogen and oxygen atoms in total. The molecule has 1 amide bonds. The molecule has 2 heterocycles. The summed E-state index contributed by atoms with van der Waals surface area (Å²) in [6.45, 7) is 2.14. The van der Waals surface area contributed by atoms with Crippen molar-refractivity contribution < 1.29 is 14.3 Å². The summed E-state index contributed by atoms with van der Waals surface area (Å²) in [7, 11) is 3.24. The number of hydrogen-bond acceptors (Lipinski definition) is 6. The minimum absolute atomic E-state index is 0.0487. The van der Waals surface area contributed by atoms with Crippen molar-refractivity contribution >= 4 is 22.8 Å². The number of aromatic nitrogens is 2. The van der Waals surface area contributed by atoms with Crippen LogP contribution in [0.3, 0.4) is 0 Å². The minimum Gasteiger partial charge on any atom is -0.493 e. The first-order valence-corrected chi connectivity index (χ1v) is 10.6. The number of nitrogens with zero attached hydrogens (tertiary/aromatic N) is 3. The van der Waals surface area contributed by atoms with E-state index >= 15 is 0 Å². The molecule has 31 heavy (non-hydrogen) atoms. The van der Waals surface area contributed by atoms with Crippen molar-refractivity contribution in [1.29, 1.82) is 0 Å². The van der Waals surface area contributed by atoms with Crippen LogP contribution in [0.5, 0.6) is 11.5 Å². The topological polar surface area (TPSA) is 76.6 Å². The van der Waals surface area contributed by atoms with Gasteiger partial charge in [-0.25, -0.2) is 4.98 Å². The van der Waals surface area contributed by atoms with E-state index < -0.39 is 0 Å². The molecule has 1 atom stereocenters. The third kappa shape index (κ3) is 4.87. The number of carbonyl (C=O) groups is 1. The van der Waals surface area contributed by atoms with E-state index in [1.54, 1.807) is 20.4 Å². The predicted octanol–water partition coefficient (Wildman–Crippen LogP) is 3.22. The lowest BCUT2D eigenvalue weighted by Crippen LogP contribution is -2.43. The Balaban J connectivity index is 1.33. The molecule has 162 valence electrons. The number of fused-ring (bicyclic) bond motifs is 1. The molecule has 1 aromatic heterocycles. The van der Waals surface area contributed by atoms with Crippen LogP contribution in [0.15, 0.2) is 48.7 Å². The number of ether oxygens (including phenoxy) is 2. The second kappa shape index (κ2) is 9.64. The first-order valence-electron chi connectivity index (χ1n) is 10.6. The summed E-state index contributed by atoms with van der Waals surface area (Å²) in [5.74, 6) is 2.29. The molecule has 1 fully saturated rings. The molecule has 3 aromatic rings. The SMILES string of the molecule is COc1ccc(CCNC(=O)C2CCCN(c3cnc4ccccc4n3)C2)cc1OC. The zero-order chi connectivity index (χ0) is 21.6. The monoisotopic (exact) mass is 420 g/mol. The molecule has 0 aliphatic carbocycles. The lowest BCUT2D eigenvalue weighted by molar-refractivity contribution is -0.125. The number of anilines is 1. The number of para-hydroxylation sites is 2. The van der Waals surface area contributed by atoms with Gasteiger partial charge in [0.05, 0.1) is 37.4 Å². The van der Waals surface area contributed by atoms with Crippen LogP contribution in [0.2, 0.25) is 0 Å². The summed E-state index contributed by atoms with van der Waals surface area (Å²) in [4.78, 5) is 24.2. The first kappa shape index (κ1) is 20.9. The second-order valence-corrected chi connectivity index (χ2v) is 7.73. The van der Waals surface area contributed by atoms with Gasteiger partial charge in [-0.05, 0) is 49.1 Å². The van der Waals surface area contributed by atoms with E-state index in [9.17, 15) is 4.79 Å². The van der Waals surface area contributed by atoms with Gasteiger partial charge in [-0.2, -0.15) is 0 Å². The molecule has 1 aliphatic rings. The van der Waals surface area contributed by atoms with Gasteiger partial charge in [-0.3, -0.25) is 9.78 Å². The Morgan fingerprint density at radius 1 is 1.13 bits per heavy atom. The highest BCUT2D eigenvalue weighted by atomic mass is 16.5. The Kier molecular flexibility index (Phi) is 6.50. The number of nitrogens with one attached hydrogen (secondary N) is 1. The van der Waals surface area contributed by atoms with Gasteiger partial charge in [-0.1, -0.05) is 18.2 Å². The molecular formula is C24H28N4O3. The molecule has 0 spiro atoms. The van der Waals surface area contributed by atoms with Crippen LogP contribution in [0.4, 0.5) is 5.82 Å². The van der Waals surface area contributed by atoms with Crippen molar-refractivity contribution in [2.24, 2.45) is 5.92 Å². The van der Waals surface area contributed by atoms with Gasteiger partial charge in [0.15, 0.2) is 11.5 Å². The molecule has 1 N–H and O–H groups in total. The van der Waals surface area contributed by atoms with E-state index in [0.29, 0.717) is 24.6 Å². The molecule has 0 bridgehead atoms. The molecule has 4 rings (SSSR count). The Hall–Kier alpha value is -3.35. The van der Waals surface area contributed by atoms with Crippen LogP contribution in [0.1, 0.15) is 18.4 Å². The third-order valence-electron chi connectivity index (χ3n) is 5.71. The lowest BCUT2D eigenvalue weighted by atomic mass is 9.97. The predicted molar refractivity (Wildman–Crippen MR) is 121 cm³/mol. The molecular weight excluding hydrogens is 392 g/mol. The van der Waals surface area contributed by atoms with Gasteiger partial charge in [0.2, 0.25) is 5.91 Å². The highest BCUT2D eigenvalue weighted by Gasteiger charge is 2.26. The van der Waals surface area contributed by atoms with E-state index in [1.165, 1.54) is 0 Å². The average Bonchev–Trinajstić information content (AvgIpc) is 2.83. The summed E-state index contributed by atoms with van der Waals surface area (Å²) in [6.07, 6.45) is 4.39. The van der Waals surface area contributed by atoms with Gasteiger partial charge in [0, 0.05) is 19.6 Å². The smallest absolute Gasteiger partial charge is 0.224 e. The summed E-state index contributed by atoms with van der Waals surface area (Å²) >= 11 is 0. The largest absolute Gasteiger partial charge is 0.493 e.